The Labute approximate surface area is 174 Å². The number of nitrogens with one attached hydrogen (secondary N) is 2. The molecule has 1 aliphatic heterocycles. The van der Waals surface area contributed by atoms with Crippen LogP contribution in [0, 0.1) is 0 Å². The Kier molecular flexibility index (Phi) is 10.0. The molecule has 0 unspecified atom stereocenters. The number of hydrogen-bond donors (Lipinski definition) is 2. The lowest BCUT2D eigenvalue weighted by Gasteiger charge is -2.33. The zero-order valence-electron chi connectivity index (χ0n) is 15.1. The molecule has 1 aliphatic rings. The number of rotatable bonds is 6. The maximum atomic E-state index is 12.3. The molecule has 1 aromatic rings. The molecule has 2 N–H and O–H groups in total. The van der Waals surface area contributed by atoms with E-state index in [0.29, 0.717) is 25.1 Å². The van der Waals surface area contributed by atoms with Crippen molar-refractivity contribution in [3.05, 3.63) is 17.5 Å². The third-order valence-electron chi connectivity index (χ3n) is 4.11. The summed E-state index contributed by atoms with van der Waals surface area (Å²) in [5, 5.41) is 9.84. The van der Waals surface area contributed by atoms with Crippen molar-refractivity contribution in [3.63, 3.8) is 0 Å². The van der Waals surface area contributed by atoms with Crippen LogP contribution in [-0.4, -0.2) is 69.9 Å². The predicted molar refractivity (Wildman–Crippen MR) is 113 cm³/mol. The third-order valence-corrected chi connectivity index (χ3v) is 5.04. The summed E-state index contributed by atoms with van der Waals surface area (Å²) < 4.78 is 36.9. The van der Waals surface area contributed by atoms with Gasteiger partial charge in [0.05, 0.1) is 11.5 Å². The zero-order valence-corrected chi connectivity index (χ0v) is 18.2. The quantitative estimate of drug-likeness (QED) is 0.355. The highest BCUT2D eigenvalue weighted by Gasteiger charge is 2.28. The fraction of sp³-hybridized carbons (Fsp3) is 0.688. The van der Waals surface area contributed by atoms with Crippen LogP contribution in [-0.2, 0) is 0 Å². The molecule has 1 aromatic heterocycles. The van der Waals surface area contributed by atoms with Crippen molar-refractivity contribution in [1.29, 1.82) is 0 Å². The molecule has 26 heavy (non-hydrogen) atoms. The molecule has 0 radical (unpaired) electrons. The SMILES string of the molecule is CN=C(NCCN(C)CC(F)(F)F)NC1CCN(c2cccs2)CC1.I. The van der Waals surface area contributed by atoms with E-state index in [2.05, 4.69) is 38.0 Å². The zero-order chi connectivity index (χ0) is 18.3. The van der Waals surface area contributed by atoms with Crippen molar-refractivity contribution in [1.82, 2.24) is 15.5 Å². The van der Waals surface area contributed by atoms with Crippen molar-refractivity contribution in [3.8, 4) is 0 Å². The standard InChI is InChI=1S/C16H26F3N5S.HI/c1-20-15(21-7-10-23(2)12-16(17,18)19)22-13-5-8-24(9-6-13)14-4-3-11-25-14;/h3-4,11,13H,5-10,12H2,1-2H3,(H2,20,21,22);1H. The first-order chi connectivity index (χ1) is 11.9. The summed E-state index contributed by atoms with van der Waals surface area (Å²) in [4.78, 5) is 7.79. The minimum absolute atomic E-state index is 0. The lowest BCUT2D eigenvalue weighted by atomic mass is 10.1. The number of aliphatic imine (C=N–C) groups is 1. The third kappa shape index (κ3) is 8.30. The number of piperidine rings is 1. The summed E-state index contributed by atoms with van der Waals surface area (Å²) in [5.41, 5.74) is 0. The summed E-state index contributed by atoms with van der Waals surface area (Å²) in [6.07, 6.45) is -2.15. The molecule has 5 nitrogen and oxygen atoms in total. The lowest BCUT2D eigenvalue weighted by Crippen LogP contribution is -2.49. The Balaban J connectivity index is 0.00000338. The molecular weight excluding hydrogens is 478 g/mol. The summed E-state index contributed by atoms with van der Waals surface area (Å²) in [7, 11) is 3.14. The van der Waals surface area contributed by atoms with E-state index in [0.717, 1.165) is 25.9 Å². The van der Waals surface area contributed by atoms with Gasteiger partial charge in [-0.05, 0) is 37.4 Å². The Hall–Kier alpha value is -0.750. The van der Waals surface area contributed by atoms with E-state index in [9.17, 15) is 13.2 Å². The number of halogens is 4. The average molecular weight is 505 g/mol. The van der Waals surface area contributed by atoms with Crippen molar-refractivity contribution < 1.29 is 13.2 Å². The average Bonchev–Trinajstić information content (AvgIpc) is 3.07. The van der Waals surface area contributed by atoms with E-state index >= 15 is 0 Å². The topological polar surface area (TPSA) is 42.9 Å². The fourth-order valence-corrected chi connectivity index (χ4v) is 3.62. The van der Waals surface area contributed by atoms with Crippen molar-refractivity contribution in [2.75, 3.05) is 51.7 Å². The second-order valence-corrected chi connectivity index (χ2v) is 7.14. The van der Waals surface area contributed by atoms with Crippen LogP contribution < -0.4 is 15.5 Å². The van der Waals surface area contributed by atoms with Gasteiger partial charge in [-0.15, -0.1) is 35.3 Å². The minimum atomic E-state index is -4.16. The van der Waals surface area contributed by atoms with Gasteiger partial charge in [-0.2, -0.15) is 13.2 Å². The number of thiophene rings is 1. The summed E-state index contributed by atoms with van der Waals surface area (Å²) in [6.45, 7) is 1.80. The highest BCUT2D eigenvalue weighted by atomic mass is 127. The van der Waals surface area contributed by atoms with Crippen molar-refractivity contribution >= 4 is 46.3 Å². The Morgan fingerprint density at radius 1 is 1.38 bits per heavy atom. The summed E-state index contributed by atoms with van der Waals surface area (Å²) in [5.74, 6) is 0.648. The van der Waals surface area contributed by atoms with E-state index in [4.69, 9.17) is 0 Å². The summed E-state index contributed by atoms with van der Waals surface area (Å²) >= 11 is 1.75. The van der Waals surface area contributed by atoms with Gasteiger partial charge < -0.3 is 15.5 Å². The molecule has 0 bridgehead atoms. The van der Waals surface area contributed by atoms with Gasteiger partial charge in [0.15, 0.2) is 5.96 Å². The van der Waals surface area contributed by atoms with E-state index in [1.54, 1.807) is 18.4 Å². The Morgan fingerprint density at radius 3 is 2.62 bits per heavy atom. The number of hydrogen-bond acceptors (Lipinski definition) is 4. The maximum Gasteiger partial charge on any atom is 0.401 e. The van der Waals surface area contributed by atoms with Crippen LogP contribution in [0.1, 0.15) is 12.8 Å². The molecule has 0 atom stereocenters. The molecule has 2 rings (SSSR count). The highest BCUT2D eigenvalue weighted by molar-refractivity contribution is 14.0. The van der Waals surface area contributed by atoms with E-state index in [-0.39, 0.29) is 24.0 Å². The number of nitrogens with zero attached hydrogens (tertiary/aromatic N) is 3. The molecule has 0 amide bonds. The molecular formula is C16H27F3IN5S. The van der Waals surface area contributed by atoms with Crippen LogP contribution >= 0.6 is 35.3 Å². The van der Waals surface area contributed by atoms with Crippen LogP contribution in [0.15, 0.2) is 22.5 Å². The first-order valence-corrected chi connectivity index (χ1v) is 9.26. The van der Waals surface area contributed by atoms with Gasteiger partial charge in [-0.3, -0.25) is 9.89 Å². The Morgan fingerprint density at radius 2 is 2.08 bits per heavy atom. The Bertz CT molecular complexity index is 530. The monoisotopic (exact) mass is 505 g/mol. The number of likely N-dealkylation sites (N-methyl/N-ethyl adjacent to an activating group) is 1. The smallest absolute Gasteiger partial charge is 0.363 e. The van der Waals surface area contributed by atoms with Gasteiger partial charge in [-0.1, -0.05) is 0 Å². The van der Waals surface area contributed by atoms with Gasteiger partial charge in [-0.25, -0.2) is 0 Å². The van der Waals surface area contributed by atoms with Crippen LogP contribution in [0.2, 0.25) is 0 Å². The second-order valence-electron chi connectivity index (χ2n) is 6.21. The van der Waals surface area contributed by atoms with E-state index in [1.165, 1.54) is 16.9 Å². The molecule has 10 heteroatoms. The molecule has 2 heterocycles. The number of alkyl halides is 3. The fourth-order valence-electron chi connectivity index (χ4n) is 2.83. The van der Waals surface area contributed by atoms with Crippen LogP contribution in [0.3, 0.4) is 0 Å². The molecule has 0 aromatic carbocycles. The maximum absolute atomic E-state index is 12.3. The van der Waals surface area contributed by atoms with Gasteiger partial charge in [0.1, 0.15) is 0 Å². The molecule has 1 fully saturated rings. The lowest BCUT2D eigenvalue weighted by molar-refractivity contribution is -0.142. The molecule has 150 valence electrons. The molecule has 0 aliphatic carbocycles. The summed E-state index contributed by atoms with van der Waals surface area (Å²) in [6, 6.07) is 4.53. The van der Waals surface area contributed by atoms with Crippen LogP contribution in [0.25, 0.3) is 0 Å². The number of anilines is 1. The first kappa shape index (κ1) is 23.3. The van der Waals surface area contributed by atoms with Crippen molar-refractivity contribution in [2.45, 2.75) is 25.1 Å². The molecule has 1 saturated heterocycles. The van der Waals surface area contributed by atoms with E-state index < -0.39 is 12.7 Å². The minimum Gasteiger partial charge on any atom is -0.363 e. The number of guanidine groups is 1. The van der Waals surface area contributed by atoms with Crippen molar-refractivity contribution in [2.24, 2.45) is 4.99 Å². The van der Waals surface area contributed by atoms with Gasteiger partial charge >= 0.3 is 6.18 Å². The van der Waals surface area contributed by atoms with Crippen LogP contribution in [0.4, 0.5) is 18.2 Å². The van der Waals surface area contributed by atoms with Gasteiger partial charge in [0.2, 0.25) is 0 Å². The largest absolute Gasteiger partial charge is 0.401 e. The molecule has 0 saturated carbocycles. The molecule has 0 spiro atoms. The van der Waals surface area contributed by atoms with E-state index in [1.807, 2.05) is 0 Å². The first-order valence-electron chi connectivity index (χ1n) is 8.38. The predicted octanol–water partition coefficient (Wildman–Crippen LogP) is 2.99. The second kappa shape index (κ2) is 11.2. The normalized spacial score (nSPS) is 16.5. The van der Waals surface area contributed by atoms with Gasteiger partial charge in [0.25, 0.3) is 0 Å². The van der Waals surface area contributed by atoms with Gasteiger partial charge in [0, 0.05) is 39.3 Å². The highest BCUT2D eigenvalue weighted by Crippen LogP contribution is 2.24. The van der Waals surface area contributed by atoms with Crippen LogP contribution in [0.5, 0.6) is 0 Å².